The molecule has 0 N–H and O–H groups in total. The fraction of sp³-hybridized carbons (Fsp3) is 0.0465. The maximum atomic E-state index is 15.4. The summed E-state index contributed by atoms with van der Waals surface area (Å²) < 4.78 is 296. The molecular formula is C43H16BClF20N2O. The van der Waals surface area contributed by atoms with Gasteiger partial charge in [0.15, 0.2) is 82.2 Å². The van der Waals surface area contributed by atoms with Crippen LogP contribution in [0.5, 0.6) is 0 Å². The van der Waals surface area contributed by atoms with Crippen LogP contribution in [-0.4, -0.2) is 16.9 Å². The second-order valence-corrected chi connectivity index (χ2v) is 14.6. The van der Waals surface area contributed by atoms with Gasteiger partial charge in [-0.2, -0.15) is 4.57 Å². The summed E-state index contributed by atoms with van der Waals surface area (Å²) in [6.07, 6.45) is -1.10. The summed E-state index contributed by atoms with van der Waals surface area (Å²) in [6.45, 7) is 0.301. The lowest BCUT2D eigenvalue weighted by molar-refractivity contribution is -0.684. The van der Waals surface area contributed by atoms with Gasteiger partial charge in [0.05, 0.1) is 6.20 Å². The molecule has 0 amide bonds. The number of aromatic nitrogens is 2. The lowest BCUT2D eigenvalue weighted by Gasteiger charge is -2.44. The molecule has 3 nitrogen and oxygen atoms in total. The van der Waals surface area contributed by atoms with Crippen LogP contribution in [0.15, 0.2) is 73.2 Å². The third-order valence-electron chi connectivity index (χ3n) is 10.2. The van der Waals surface area contributed by atoms with E-state index in [0.717, 1.165) is 11.3 Å². The topological polar surface area (TPSA) is 33.8 Å². The molecule has 0 atom stereocenters. The Morgan fingerprint density at radius 3 is 1.13 bits per heavy atom. The van der Waals surface area contributed by atoms with Crippen LogP contribution in [0.3, 0.4) is 0 Å². The van der Waals surface area contributed by atoms with Gasteiger partial charge < -0.3 is 0 Å². The summed E-state index contributed by atoms with van der Waals surface area (Å²) in [5.41, 5.74) is -11.6. The molecule has 68 heavy (non-hydrogen) atoms. The van der Waals surface area contributed by atoms with Crippen molar-refractivity contribution in [1.29, 1.82) is 0 Å². The highest BCUT2D eigenvalue weighted by molar-refractivity contribution is 7.20. The van der Waals surface area contributed by atoms with Gasteiger partial charge in [-0.3, -0.25) is 4.79 Å². The molecular weight excluding hydrogens is 987 g/mol. The largest absolute Gasteiger partial charge is 0.287 e. The Morgan fingerprint density at radius 2 is 0.794 bits per heavy atom. The molecule has 0 aliphatic carbocycles. The highest BCUT2D eigenvalue weighted by Crippen LogP contribution is 2.31. The van der Waals surface area contributed by atoms with Crippen molar-refractivity contribution < 1.29 is 97.2 Å². The molecule has 0 saturated carbocycles. The molecule has 7 rings (SSSR count). The summed E-state index contributed by atoms with van der Waals surface area (Å²) in [4.78, 5) is 16.6. The second-order valence-electron chi connectivity index (χ2n) is 14.1. The predicted molar refractivity (Wildman–Crippen MR) is 199 cm³/mol. The Hall–Kier alpha value is -6.98. The Bertz CT molecular complexity index is 2800. The van der Waals surface area contributed by atoms with Crippen molar-refractivity contribution in [3.8, 4) is 0 Å². The fourth-order valence-electron chi connectivity index (χ4n) is 7.28. The number of hydrogen-bond donors (Lipinski definition) is 0. The summed E-state index contributed by atoms with van der Waals surface area (Å²) in [5.74, 6) is -71.3. The zero-order chi connectivity index (χ0) is 50.4. The third-order valence-corrected chi connectivity index (χ3v) is 10.5. The molecule has 0 unspecified atom stereocenters. The molecule has 1 aromatic heterocycles. The van der Waals surface area contributed by atoms with Gasteiger partial charge >= 0.3 is 0 Å². The molecule has 25 heteroatoms. The molecule has 0 bridgehead atoms. The van der Waals surface area contributed by atoms with E-state index in [-0.39, 0.29) is 5.78 Å². The standard InChI is InChI=1S/C24BF20.C19H16ClN2O/c26-5-1(6(27)14(35)21(42)13(5)34)25(2-7(28)15(36)22(43)16(37)8(2)29,3-9(30)17(38)23(44)18(39)10(3)31)4-11(32)19(40)24(45)20(41)12(4)33;20-17-8-4-5-15(11-17)12-18-13-22(10-9-21-18)14-19(23)16-6-2-1-3-7-16/h;1-11,13H,12,14H2/q-1;+1. The normalized spacial score (nSPS) is 11.5. The molecule has 354 valence electrons. The monoisotopic (exact) mass is 1000 g/mol. The number of ketones is 1. The van der Waals surface area contributed by atoms with E-state index < -0.39 is 144 Å². The van der Waals surface area contributed by atoms with Gasteiger partial charge in [-0.15, -0.1) is 21.9 Å². The van der Waals surface area contributed by atoms with Crippen molar-refractivity contribution >= 4 is 45.4 Å². The molecule has 0 aliphatic rings. The van der Waals surface area contributed by atoms with E-state index in [2.05, 4.69) is 4.98 Å². The van der Waals surface area contributed by atoms with Gasteiger partial charge in [0.1, 0.15) is 58.4 Å². The van der Waals surface area contributed by atoms with Crippen LogP contribution in [0.4, 0.5) is 87.8 Å². The van der Waals surface area contributed by atoms with Gasteiger partial charge in [0, 0.05) is 17.0 Å². The average molecular weight is 1000 g/mol. The minimum absolute atomic E-state index is 0.0792. The zero-order valence-electron chi connectivity index (χ0n) is 32.7. The Labute approximate surface area is 371 Å². The number of carbonyl (C=O) groups is 1. The van der Waals surface area contributed by atoms with Crippen molar-refractivity contribution in [1.82, 2.24) is 4.98 Å². The Balaban J connectivity index is 0.000000276. The lowest BCUT2D eigenvalue weighted by atomic mass is 9.12. The maximum absolute atomic E-state index is 15.4. The van der Waals surface area contributed by atoms with E-state index in [0.29, 0.717) is 23.6 Å². The molecule has 0 radical (unpaired) electrons. The van der Waals surface area contributed by atoms with Gasteiger partial charge in [0.2, 0.25) is 12.3 Å². The van der Waals surface area contributed by atoms with Crippen LogP contribution in [-0.2, 0) is 13.0 Å². The SMILES string of the molecule is Fc1c(F)c(F)c([B-](c2c(F)c(F)c(F)c(F)c2F)(c2c(F)c(F)c(F)c(F)c2F)c2c(F)c(F)c(F)c(F)c2F)c(F)c1F.O=C(C[n+]1ccnc(Cc2cccc(Cl)c2)c1)c1ccccc1. The first-order valence-corrected chi connectivity index (χ1v) is 18.7. The quantitative estimate of drug-likeness (QED) is 0.0361. The van der Waals surface area contributed by atoms with Crippen molar-refractivity contribution in [3.05, 3.63) is 211 Å². The first kappa shape index (κ1) is 50.4. The highest BCUT2D eigenvalue weighted by atomic mass is 35.5. The lowest BCUT2D eigenvalue weighted by Crippen LogP contribution is -2.81. The van der Waals surface area contributed by atoms with Crippen LogP contribution in [0, 0.1) is 116 Å². The molecule has 0 aliphatic heterocycles. The van der Waals surface area contributed by atoms with Crippen molar-refractivity contribution in [2.45, 2.75) is 13.0 Å². The summed E-state index contributed by atoms with van der Waals surface area (Å²) in [5, 5.41) is 0.713. The van der Waals surface area contributed by atoms with Gasteiger partial charge in [-0.1, -0.05) is 54.1 Å². The highest BCUT2D eigenvalue weighted by Gasteiger charge is 2.52. The van der Waals surface area contributed by atoms with E-state index in [4.69, 9.17) is 11.6 Å². The number of benzene rings is 6. The fourth-order valence-corrected chi connectivity index (χ4v) is 7.50. The van der Waals surface area contributed by atoms with E-state index in [1.54, 1.807) is 6.20 Å². The van der Waals surface area contributed by atoms with Crippen LogP contribution in [0.25, 0.3) is 0 Å². The first-order valence-electron chi connectivity index (χ1n) is 18.3. The Kier molecular flexibility index (Phi) is 14.3. The van der Waals surface area contributed by atoms with Gasteiger partial charge in [-0.25, -0.2) is 92.8 Å². The van der Waals surface area contributed by atoms with Gasteiger partial charge in [-0.05, 0) is 17.7 Å². The van der Waals surface area contributed by atoms with E-state index >= 15 is 35.1 Å². The number of carbonyl (C=O) groups excluding carboxylic acids is 1. The van der Waals surface area contributed by atoms with Gasteiger partial charge in [0.25, 0.3) is 0 Å². The summed E-state index contributed by atoms with van der Waals surface area (Å²) >= 11 is 6.01. The summed E-state index contributed by atoms with van der Waals surface area (Å²) in [6, 6.07) is 17.0. The van der Waals surface area contributed by atoms with Crippen LogP contribution in [0.2, 0.25) is 5.02 Å². The van der Waals surface area contributed by atoms with Crippen molar-refractivity contribution in [2.24, 2.45) is 0 Å². The molecule has 6 aromatic carbocycles. The minimum Gasteiger partial charge on any atom is -0.287 e. The second kappa shape index (κ2) is 19.3. The molecule has 0 fully saturated rings. The minimum atomic E-state index is -7.22. The molecule has 1 heterocycles. The van der Waals surface area contributed by atoms with Crippen LogP contribution in [0.1, 0.15) is 21.6 Å². The van der Waals surface area contributed by atoms with Crippen molar-refractivity contribution in [3.63, 3.8) is 0 Å². The van der Waals surface area contributed by atoms with E-state index in [1.165, 1.54) is 0 Å². The molecule has 7 aromatic rings. The predicted octanol–water partition coefficient (Wildman–Crippen LogP) is 9.34. The molecule has 0 spiro atoms. The van der Waals surface area contributed by atoms with E-state index in [1.807, 2.05) is 71.6 Å². The number of nitrogens with zero attached hydrogens (tertiary/aromatic N) is 2. The third kappa shape index (κ3) is 8.49. The zero-order valence-corrected chi connectivity index (χ0v) is 33.4. The summed E-state index contributed by atoms with van der Waals surface area (Å²) in [7, 11) is 0. The number of rotatable bonds is 9. The maximum Gasteiger partial charge on any atom is 0.227 e. The number of Topliss-reactive ketones (excluding diaryl/α,β-unsaturated/α-hetero) is 1. The smallest absolute Gasteiger partial charge is 0.227 e. The van der Waals surface area contributed by atoms with Crippen molar-refractivity contribution in [2.75, 3.05) is 0 Å². The number of halogens is 21. The average Bonchev–Trinajstić information content (AvgIpc) is 3.32. The molecule has 0 saturated heterocycles. The van der Waals surface area contributed by atoms with E-state index in [9.17, 15) is 57.5 Å². The van der Waals surface area contributed by atoms with Crippen LogP contribution >= 0.6 is 11.6 Å². The first-order chi connectivity index (χ1) is 31.9. The Morgan fingerprint density at radius 1 is 0.456 bits per heavy atom. The van der Waals surface area contributed by atoms with Crippen LogP contribution < -0.4 is 26.4 Å². The number of hydrogen-bond acceptors (Lipinski definition) is 2.